The third-order valence-corrected chi connectivity index (χ3v) is 8.15. The third kappa shape index (κ3) is 3.25. The summed E-state index contributed by atoms with van der Waals surface area (Å²) in [5, 5.41) is 2.95. The topological polar surface area (TPSA) is 107 Å². The molecule has 0 unspecified atom stereocenters. The molecule has 40 heavy (non-hydrogen) atoms. The number of imide groups is 1. The molecule has 2 saturated heterocycles. The molecule has 0 spiro atoms. The SMILES string of the molecule is O=C(Nc1ccc2c(c1)OCO2)[C@@H]1[C@@H]2C(=O)N(c3ccc4c(c3)OCCO4)C(=O)[C@H]2[C@@H]2c3ccccc3C=CN12. The van der Waals surface area contributed by atoms with Crippen LogP contribution in [0.15, 0.2) is 66.9 Å². The number of ether oxygens (including phenoxy) is 4. The molecule has 0 aromatic heterocycles. The van der Waals surface area contributed by atoms with E-state index >= 15 is 0 Å². The first-order valence-electron chi connectivity index (χ1n) is 13.1. The average molecular weight is 538 g/mol. The highest BCUT2D eigenvalue weighted by molar-refractivity contribution is 6.24. The standard InChI is InChI=1S/C30H23N3O7/c34-28(31-17-5-7-21-22(13-17)40-15-39-21)27-25-24(26-19-4-2-1-3-16(19)9-10-32(26)27)29(35)33(30(25)36)18-6-8-20-23(14-18)38-12-11-37-20/h1-10,13-14,24-27H,11-12,15H2,(H,31,34)/t24-,25-,26+,27+/m1/s1. The Morgan fingerprint density at radius 3 is 2.42 bits per heavy atom. The van der Waals surface area contributed by atoms with Crippen LogP contribution in [0.5, 0.6) is 23.0 Å². The molecule has 0 aliphatic carbocycles. The van der Waals surface area contributed by atoms with Crippen molar-refractivity contribution in [3.05, 3.63) is 78.0 Å². The van der Waals surface area contributed by atoms with E-state index in [1.54, 1.807) is 36.4 Å². The maximum atomic E-state index is 14.1. The van der Waals surface area contributed by atoms with Crippen LogP contribution < -0.4 is 29.2 Å². The molecule has 5 aliphatic rings. The second-order valence-corrected chi connectivity index (χ2v) is 10.2. The Hall–Kier alpha value is -4.99. The average Bonchev–Trinajstić information content (AvgIpc) is 3.65. The monoisotopic (exact) mass is 537 g/mol. The van der Waals surface area contributed by atoms with Crippen molar-refractivity contribution in [1.29, 1.82) is 0 Å². The summed E-state index contributed by atoms with van der Waals surface area (Å²) in [4.78, 5) is 45.2. The van der Waals surface area contributed by atoms with Crippen molar-refractivity contribution in [2.75, 3.05) is 30.2 Å². The minimum absolute atomic E-state index is 0.116. The van der Waals surface area contributed by atoms with Crippen molar-refractivity contribution >= 4 is 35.2 Å². The van der Waals surface area contributed by atoms with Gasteiger partial charge in [0.25, 0.3) is 0 Å². The Balaban J connectivity index is 1.19. The van der Waals surface area contributed by atoms with E-state index in [1.165, 1.54) is 4.90 Å². The zero-order chi connectivity index (χ0) is 27.0. The van der Waals surface area contributed by atoms with Gasteiger partial charge < -0.3 is 29.2 Å². The lowest BCUT2D eigenvalue weighted by Crippen LogP contribution is -2.46. The number of hydrogen-bond acceptors (Lipinski definition) is 8. The van der Waals surface area contributed by atoms with Crippen LogP contribution in [0.25, 0.3) is 6.08 Å². The zero-order valence-corrected chi connectivity index (χ0v) is 21.1. The second-order valence-electron chi connectivity index (χ2n) is 10.2. The van der Waals surface area contributed by atoms with Crippen LogP contribution in [0.3, 0.4) is 0 Å². The van der Waals surface area contributed by atoms with E-state index in [1.807, 2.05) is 41.4 Å². The number of carbonyl (C=O) groups is 3. The van der Waals surface area contributed by atoms with E-state index in [0.717, 1.165) is 11.1 Å². The highest BCUT2D eigenvalue weighted by atomic mass is 16.7. The maximum Gasteiger partial charge on any atom is 0.247 e. The minimum Gasteiger partial charge on any atom is -0.486 e. The number of nitrogens with one attached hydrogen (secondary N) is 1. The van der Waals surface area contributed by atoms with Gasteiger partial charge in [0.05, 0.1) is 23.6 Å². The lowest BCUT2D eigenvalue weighted by atomic mass is 9.84. The summed E-state index contributed by atoms with van der Waals surface area (Å²) >= 11 is 0. The van der Waals surface area contributed by atoms with Gasteiger partial charge in [0.1, 0.15) is 19.3 Å². The predicted molar refractivity (Wildman–Crippen MR) is 142 cm³/mol. The molecule has 3 amide bonds. The van der Waals surface area contributed by atoms with Crippen LogP contribution in [0, 0.1) is 11.8 Å². The Kier molecular flexibility index (Phi) is 4.88. The van der Waals surface area contributed by atoms with Crippen LogP contribution >= 0.6 is 0 Å². The maximum absolute atomic E-state index is 14.1. The van der Waals surface area contributed by atoms with Gasteiger partial charge in [0, 0.05) is 24.0 Å². The van der Waals surface area contributed by atoms with E-state index in [9.17, 15) is 14.4 Å². The van der Waals surface area contributed by atoms with Gasteiger partial charge >= 0.3 is 0 Å². The van der Waals surface area contributed by atoms with Crippen LogP contribution in [-0.2, 0) is 14.4 Å². The highest BCUT2D eigenvalue weighted by Gasteiger charge is 2.64. The van der Waals surface area contributed by atoms with Gasteiger partial charge in [-0.3, -0.25) is 14.4 Å². The minimum atomic E-state index is -0.913. The van der Waals surface area contributed by atoms with Gasteiger partial charge in [-0.15, -0.1) is 0 Å². The molecule has 0 saturated carbocycles. The van der Waals surface area contributed by atoms with Crippen LogP contribution in [0.1, 0.15) is 17.2 Å². The highest BCUT2D eigenvalue weighted by Crippen LogP contribution is 2.53. The van der Waals surface area contributed by atoms with E-state index in [-0.39, 0.29) is 18.6 Å². The molecule has 10 heteroatoms. The molecule has 3 aromatic carbocycles. The molecule has 5 aliphatic heterocycles. The van der Waals surface area contributed by atoms with Crippen molar-refractivity contribution in [1.82, 2.24) is 4.90 Å². The van der Waals surface area contributed by atoms with Gasteiger partial charge in [0.2, 0.25) is 24.5 Å². The summed E-state index contributed by atoms with van der Waals surface area (Å²) in [6.07, 6.45) is 3.74. The van der Waals surface area contributed by atoms with Crippen molar-refractivity contribution in [2.24, 2.45) is 11.8 Å². The smallest absolute Gasteiger partial charge is 0.247 e. The molecular weight excluding hydrogens is 514 g/mol. The molecule has 0 radical (unpaired) electrons. The number of rotatable bonds is 3. The third-order valence-electron chi connectivity index (χ3n) is 8.15. The Labute approximate surface area is 228 Å². The van der Waals surface area contributed by atoms with Gasteiger partial charge in [-0.1, -0.05) is 24.3 Å². The summed E-state index contributed by atoms with van der Waals surface area (Å²) < 4.78 is 22.1. The second kappa shape index (κ2) is 8.51. The number of carbonyl (C=O) groups excluding carboxylic acids is 3. The fourth-order valence-corrected chi connectivity index (χ4v) is 6.47. The molecular formula is C30H23N3O7. The molecule has 10 nitrogen and oxygen atoms in total. The summed E-state index contributed by atoms with van der Waals surface area (Å²) in [5.41, 5.74) is 2.77. The van der Waals surface area contributed by atoms with E-state index in [0.29, 0.717) is 47.6 Å². The quantitative estimate of drug-likeness (QED) is 0.507. The Morgan fingerprint density at radius 1 is 0.800 bits per heavy atom. The molecule has 2 fully saturated rings. The number of nitrogens with zero attached hydrogens (tertiary/aromatic N) is 2. The van der Waals surface area contributed by atoms with E-state index < -0.39 is 29.8 Å². The number of benzene rings is 3. The predicted octanol–water partition coefficient (Wildman–Crippen LogP) is 3.34. The van der Waals surface area contributed by atoms with Crippen LogP contribution in [0.2, 0.25) is 0 Å². The molecule has 0 bridgehead atoms. The first kappa shape index (κ1) is 22.9. The lowest BCUT2D eigenvalue weighted by Gasteiger charge is -2.35. The summed E-state index contributed by atoms with van der Waals surface area (Å²) in [6, 6.07) is 16.5. The van der Waals surface area contributed by atoms with Crippen molar-refractivity contribution in [2.45, 2.75) is 12.1 Å². The van der Waals surface area contributed by atoms with E-state index in [2.05, 4.69) is 5.32 Å². The van der Waals surface area contributed by atoms with Crippen molar-refractivity contribution < 1.29 is 33.3 Å². The number of fused-ring (bicyclic) bond motifs is 7. The van der Waals surface area contributed by atoms with Gasteiger partial charge in [0.15, 0.2) is 23.0 Å². The number of hydrogen-bond donors (Lipinski definition) is 1. The molecule has 4 atom stereocenters. The first-order chi connectivity index (χ1) is 19.6. The van der Waals surface area contributed by atoms with Crippen molar-refractivity contribution in [3.8, 4) is 23.0 Å². The Morgan fingerprint density at radius 2 is 1.52 bits per heavy atom. The molecule has 1 N–H and O–H groups in total. The summed E-state index contributed by atoms with van der Waals surface area (Å²) in [6.45, 7) is 0.930. The molecule has 3 aromatic rings. The van der Waals surface area contributed by atoms with E-state index in [4.69, 9.17) is 18.9 Å². The number of anilines is 2. The molecule has 200 valence electrons. The summed E-state index contributed by atoms with van der Waals surface area (Å²) in [5.74, 6) is -0.618. The first-order valence-corrected chi connectivity index (χ1v) is 13.1. The summed E-state index contributed by atoms with van der Waals surface area (Å²) in [7, 11) is 0. The largest absolute Gasteiger partial charge is 0.486 e. The Bertz CT molecular complexity index is 1640. The molecule has 5 heterocycles. The van der Waals surface area contributed by atoms with Gasteiger partial charge in [-0.05, 0) is 41.5 Å². The lowest BCUT2D eigenvalue weighted by molar-refractivity contribution is -0.128. The van der Waals surface area contributed by atoms with Crippen LogP contribution in [0.4, 0.5) is 11.4 Å². The fraction of sp³-hybridized carbons (Fsp3) is 0.233. The van der Waals surface area contributed by atoms with Gasteiger partial charge in [-0.25, -0.2) is 4.90 Å². The fourth-order valence-electron chi connectivity index (χ4n) is 6.47. The zero-order valence-electron chi connectivity index (χ0n) is 21.1. The van der Waals surface area contributed by atoms with Crippen LogP contribution in [-0.4, -0.2) is 48.7 Å². The molecule has 8 rings (SSSR count). The van der Waals surface area contributed by atoms with Crippen molar-refractivity contribution in [3.63, 3.8) is 0 Å². The number of amides is 3. The normalized spacial score (nSPS) is 25.0. The van der Waals surface area contributed by atoms with Gasteiger partial charge in [-0.2, -0.15) is 0 Å².